The van der Waals surface area contributed by atoms with Crippen molar-refractivity contribution in [1.82, 2.24) is 4.90 Å². The van der Waals surface area contributed by atoms with Gasteiger partial charge in [0, 0.05) is 7.05 Å². The van der Waals surface area contributed by atoms with E-state index in [9.17, 15) is 14.0 Å². The first-order valence-electron chi connectivity index (χ1n) is 7.64. The third kappa shape index (κ3) is 2.98. The van der Waals surface area contributed by atoms with Gasteiger partial charge >= 0.3 is 5.97 Å². The molecule has 1 aromatic rings. The Bertz CT molecular complexity index is 567. The molecule has 0 bridgehead atoms. The Kier molecular flexibility index (Phi) is 4.84. The molecular formula is C17H22FNO3. The summed E-state index contributed by atoms with van der Waals surface area (Å²) in [5.74, 6) is -1.64. The zero-order valence-corrected chi connectivity index (χ0v) is 13.0. The van der Waals surface area contributed by atoms with Crippen LogP contribution in [-0.2, 0) is 15.0 Å². The van der Waals surface area contributed by atoms with Crippen molar-refractivity contribution in [2.45, 2.75) is 50.5 Å². The average molecular weight is 307 g/mol. The van der Waals surface area contributed by atoms with Gasteiger partial charge in [0.1, 0.15) is 11.9 Å². The molecule has 0 saturated heterocycles. The summed E-state index contributed by atoms with van der Waals surface area (Å²) in [6.45, 7) is 1.49. The number of carbonyl (C=O) groups is 2. The van der Waals surface area contributed by atoms with Gasteiger partial charge in [-0.3, -0.25) is 4.79 Å². The summed E-state index contributed by atoms with van der Waals surface area (Å²) in [5, 5.41) is 9.14. The second kappa shape index (κ2) is 6.46. The van der Waals surface area contributed by atoms with Crippen LogP contribution in [0, 0.1) is 5.82 Å². The number of likely N-dealkylation sites (N-methyl/N-ethyl adjacent to an activating group) is 1. The molecule has 120 valence electrons. The smallest absolute Gasteiger partial charge is 0.326 e. The van der Waals surface area contributed by atoms with Crippen LogP contribution < -0.4 is 0 Å². The minimum absolute atomic E-state index is 0.229. The number of amides is 1. The van der Waals surface area contributed by atoms with Crippen LogP contribution in [0.3, 0.4) is 0 Å². The van der Waals surface area contributed by atoms with Gasteiger partial charge in [0.15, 0.2) is 0 Å². The molecule has 1 amide bonds. The number of hydrogen-bond donors (Lipinski definition) is 1. The first-order chi connectivity index (χ1) is 10.4. The summed E-state index contributed by atoms with van der Waals surface area (Å²) in [5.41, 5.74) is -0.152. The quantitative estimate of drug-likeness (QED) is 0.930. The highest BCUT2D eigenvalue weighted by Crippen LogP contribution is 2.41. The maximum absolute atomic E-state index is 13.6. The molecule has 1 atom stereocenters. The molecule has 1 unspecified atom stereocenters. The van der Waals surface area contributed by atoms with Gasteiger partial charge in [-0.15, -0.1) is 0 Å². The molecular weight excluding hydrogens is 285 g/mol. The zero-order chi connectivity index (χ0) is 16.3. The first-order valence-corrected chi connectivity index (χ1v) is 7.64. The summed E-state index contributed by atoms with van der Waals surface area (Å²) in [7, 11) is 1.51. The number of carboxylic acid groups (broad SMARTS) is 1. The van der Waals surface area contributed by atoms with Crippen molar-refractivity contribution in [2.75, 3.05) is 7.05 Å². The van der Waals surface area contributed by atoms with E-state index in [4.69, 9.17) is 5.11 Å². The molecule has 0 spiro atoms. The second-order valence-corrected chi connectivity index (χ2v) is 6.08. The monoisotopic (exact) mass is 307 g/mol. The molecule has 1 aliphatic rings. The van der Waals surface area contributed by atoms with E-state index in [1.807, 2.05) is 0 Å². The lowest BCUT2D eigenvalue weighted by atomic mass is 9.68. The van der Waals surface area contributed by atoms with Gasteiger partial charge < -0.3 is 10.0 Å². The standard InChI is InChI=1S/C17H22FNO3/c1-12(15(20)21)19(2)16(22)17(9-4-3-5-10-17)13-7-6-8-14(18)11-13/h6-8,11-12H,3-5,9-10H2,1-2H3,(H,20,21). The SMILES string of the molecule is CC(C(=O)O)N(C)C(=O)C1(c2cccc(F)c2)CCCCC1. The van der Waals surface area contributed by atoms with E-state index in [0.717, 1.165) is 19.3 Å². The molecule has 1 N–H and O–H groups in total. The molecule has 0 heterocycles. The maximum Gasteiger partial charge on any atom is 0.326 e. The summed E-state index contributed by atoms with van der Waals surface area (Å²) < 4.78 is 13.6. The largest absolute Gasteiger partial charge is 0.480 e. The average Bonchev–Trinajstić information content (AvgIpc) is 2.53. The number of hydrogen-bond acceptors (Lipinski definition) is 2. The minimum Gasteiger partial charge on any atom is -0.480 e. The van der Waals surface area contributed by atoms with E-state index in [2.05, 4.69) is 0 Å². The van der Waals surface area contributed by atoms with Crippen molar-refractivity contribution in [3.8, 4) is 0 Å². The Hall–Kier alpha value is -1.91. The zero-order valence-electron chi connectivity index (χ0n) is 13.0. The van der Waals surface area contributed by atoms with Gasteiger partial charge in [0.2, 0.25) is 5.91 Å². The predicted molar refractivity (Wildman–Crippen MR) is 81.0 cm³/mol. The normalized spacial score (nSPS) is 18.5. The predicted octanol–water partition coefficient (Wildman–Crippen LogP) is 2.96. The minimum atomic E-state index is -1.04. The fourth-order valence-electron chi connectivity index (χ4n) is 3.25. The highest BCUT2D eigenvalue weighted by atomic mass is 19.1. The van der Waals surface area contributed by atoms with E-state index >= 15 is 0 Å². The molecule has 2 rings (SSSR count). The Balaban J connectivity index is 2.41. The summed E-state index contributed by atoms with van der Waals surface area (Å²) in [6.07, 6.45) is 4.08. The second-order valence-electron chi connectivity index (χ2n) is 6.08. The van der Waals surface area contributed by atoms with Crippen molar-refractivity contribution in [3.63, 3.8) is 0 Å². The van der Waals surface area contributed by atoms with Gasteiger partial charge in [-0.1, -0.05) is 31.4 Å². The number of rotatable bonds is 4. The van der Waals surface area contributed by atoms with Gasteiger partial charge in [-0.25, -0.2) is 9.18 Å². The highest BCUT2D eigenvalue weighted by Gasteiger charge is 2.44. The number of aliphatic carboxylic acids is 1. The Morgan fingerprint density at radius 1 is 1.27 bits per heavy atom. The van der Waals surface area contributed by atoms with Gasteiger partial charge in [0.25, 0.3) is 0 Å². The van der Waals surface area contributed by atoms with Crippen LogP contribution in [0.1, 0.15) is 44.6 Å². The number of benzene rings is 1. The molecule has 0 radical (unpaired) electrons. The summed E-state index contributed by atoms with van der Waals surface area (Å²) in [6, 6.07) is 5.23. The van der Waals surface area contributed by atoms with E-state index < -0.39 is 17.4 Å². The highest BCUT2D eigenvalue weighted by molar-refractivity contribution is 5.91. The number of nitrogens with zero attached hydrogens (tertiary/aromatic N) is 1. The van der Waals surface area contributed by atoms with Crippen molar-refractivity contribution in [1.29, 1.82) is 0 Å². The third-order valence-corrected chi connectivity index (χ3v) is 4.75. The molecule has 4 nitrogen and oxygen atoms in total. The number of carbonyl (C=O) groups excluding carboxylic acids is 1. The number of halogens is 1. The molecule has 0 aliphatic heterocycles. The van der Waals surface area contributed by atoms with Crippen LogP contribution in [0.4, 0.5) is 4.39 Å². The fourth-order valence-corrected chi connectivity index (χ4v) is 3.25. The summed E-state index contributed by atoms with van der Waals surface area (Å²) in [4.78, 5) is 25.5. The Morgan fingerprint density at radius 3 is 2.45 bits per heavy atom. The van der Waals surface area contributed by atoms with E-state index in [1.54, 1.807) is 12.1 Å². The van der Waals surface area contributed by atoms with Crippen molar-refractivity contribution < 1.29 is 19.1 Å². The fraction of sp³-hybridized carbons (Fsp3) is 0.529. The van der Waals surface area contributed by atoms with E-state index in [-0.39, 0.29) is 11.7 Å². The van der Waals surface area contributed by atoms with Crippen LogP contribution in [0.2, 0.25) is 0 Å². The Labute approximate surface area is 129 Å². The van der Waals surface area contributed by atoms with Crippen molar-refractivity contribution >= 4 is 11.9 Å². The van der Waals surface area contributed by atoms with Gasteiger partial charge in [-0.05, 0) is 37.5 Å². The number of carboxylic acids is 1. The van der Waals surface area contributed by atoms with Crippen LogP contribution in [0.15, 0.2) is 24.3 Å². The summed E-state index contributed by atoms with van der Waals surface area (Å²) >= 11 is 0. The molecule has 1 aliphatic carbocycles. The molecule has 1 fully saturated rings. The lowest BCUT2D eigenvalue weighted by Crippen LogP contribution is -2.51. The molecule has 22 heavy (non-hydrogen) atoms. The molecule has 5 heteroatoms. The topological polar surface area (TPSA) is 57.6 Å². The first kappa shape index (κ1) is 16.5. The van der Waals surface area contributed by atoms with Crippen LogP contribution in [-0.4, -0.2) is 35.0 Å². The Morgan fingerprint density at radius 2 is 1.91 bits per heavy atom. The van der Waals surface area contributed by atoms with Crippen LogP contribution in [0.5, 0.6) is 0 Å². The van der Waals surface area contributed by atoms with Crippen molar-refractivity contribution in [3.05, 3.63) is 35.6 Å². The van der Waals surface area contributed by atoms with Crippen LogP contribution >= 0.6 is 0 Å². The lowest BCUT2D eigenvalue weighted by molar-refractivity contribution is -0.151. The molecule has 1 aromatic carbocycles. The molecule has 0 aromatic heterocycles. The maximum atomic E-state index is 13.6. The third-order valence-electron chi connectivity index (χ3n) is 4.75. The lowest BCUT2D eigenvalue weighted by Gasteiger charge is -2.40. The van der Waals surface area contributed by atoms with Crippen molar-refractivity contribution in [2.24, 2.45) is 0 Å². The van der Waals surface area contributed by atoms with E-state index in [1.165, 1.54) is 31.0 Å². The van der Waals surface area contributed by atoms with E-state index in [0.29, 0.717) is 18.4 Å². The molecule has 1 saturated carbocycles. The van der Waals surface area contributed by atoms with Gasteiger partial charge in [-0.2, -0.15) is 0 Å². The van der Waals surface area contributed by atoms with Crippen LogP contribution in [0.25, 0.3) is 0 Å². The van der Waals surface area contributed by atoms with Gasteiger partial charge in [0.05, 0.1) is 5.41 Å².